The van der Waals surface area contributed by atoms with E-state index in [9.17, 15) is 9.90 Å². The zero-order valence-corrected chi connectivity index (χ0v) is 15.3. The minimum Gasteiger partial charge on any atom is -0.480 e. The Hall–Kier alpha value is -2.17. The predicted octanol–water partition coefficient (Wildman–Crippen LogP) is 3.33. The molecule has 2 unspecified atom stereocenters. The van der Waals surface area contributed by atoms with Crippen LogP contribution in [0.25, 0.3) is 0 Å². The highest BCUT2D eigenvalue weighted by molar-refractivity contribution is 5.74. The standard InChI is InChI=1S/C22H28N2O2/c1-17-14-20(12-13-24(17)16-19-10-6-3-7-11-19)23-21(22(25)26)15-18-8-4-2-5-9-18/h2-11,17,20-21,23H,12-16H2,1H3,(H,25,26)/t17?,20?,21-/m1/s1. The van der Waals surface area contributed by atoms with E-state index in [1.807, 2.05) is 36.4 Å². The summed E-state index contributed by atoms with van der Waals surface area (Å²) in [7, 11) is 0. The Kier molecular flexibility index (Phi) is 6.42. The quantitative estimate of drug-likeness (QED) is 0.803. The molecule has 0 radical (unpaired) electrons. The van der Waals surface area contributed by atoms with Crippen LogP contribution in [0.5, 0.6) is 0 Å². The van der Waals surface area contributed by atoms with Crippen molar-refractivity contribution in [1.29, 1.82) is 0 Å². The van der Waals surface area contributed by atoms with Crippen LogP contribution in [0.1, 0.15) is 30.9 Å². The van der Waals surface area contributed by atoms with Crippen LogP contribution < -0.4 is 5.32 Å². The molecule has 0 aromatic heterocycles. The molecule has 0 amide bonds. The summed E-state index contributed by atoms with van der Waals surface area (Å²) in [4.78, 5) is 14.2. The van der Waals surface area contributed by atoms with E-state index in [0.717, 1.165) is 31.5 Å². The van der Waals surface area contributed by atoms with E-state index in [2.05, 4.69) is 41.4 Å². The maximum absolute atomic E-state index is 11.7. The molecule has 26 heavy (non-hydrogen) atoms. The number of piperidine rings is 1. The van der Waals surface area contributed by atoms with E-state index >= 15 is 0 Å². The average molecular weight is 352 g/mol. The van der Waals surface area contributed by atoms with Gasteiger partial charge in [-0.1, -0.05) is 60.7 Å². The topological polar surface area (TPSA) is 52.6 Å². The highest BCUT2D eigenvalue weighted by Crippen LogP contribution is 2.20. The first kappa shape index (κ1) is 18.6. The fraction of sp³-hybridized carbons (Fsp3) is 0.409. The van der Waals surface area contributed by atoms with Crippen LogP contribution in [-0.4, -0.2) is 40.6 Å². The van der Waals surface area contributed by atoms with Gasteiger partial charge < -0.3 is 10.4 Å². The largest absolute Gasteiger partial charge is 0.480 e. The molecule has 1 fully saturated rings. The number of likely N-dealkylation sites (tertiary alicyclic amines) is 1. The van der Waals surface area contributed by atoms with Crippen LogP contribution in [0.2, 0.25) is 0 Å². The summed E-state index contributed by atoms with van der Waals surface area (Å²) in [6.45, 7) is 4.19. The Morgan fingerprint density at radius 2 is 1.73 bits per heavy atom. The van der Waals surface area contributed by atoms with E-state index in [0.29, 0.717) is 12.5 Å². The molecular weight excluding hydrogens is 324 g/mol. The molecule has 4 heteroatoms. The number of nitrogens with zero attached hydrogens (tertiary/aromatic N) is 1. The number of carboxylic acids is 1. The molecule has 1 aliphatic heterocycles. The predicted molar refractivity (Wildman–Crippen MR) is 104 cm³/mol. The van der Waals surface area contributed by atoms with Crippen LogP contribution in [-0.2, 0) is 17.8 Å². The third-order valence-corrected chi connectivity index (χ3v) is 5.26. The molecule has 2 aromatic carbocycles. The van der Waals surface area contributed by atoms with Crippen LogP contribution >= 0.6 is 0 Å². The number of aliphatic carboxylic acids is 1. The first-order valence-corrected chi connectivity index (χ1v) is 9.42. The number of hydrogen-bond acceptors (Lipinski definition) is 3. The zero-order valence-electron chi connectivity index (χ0n) is 15.3. The summed E-state index contributed by atoms with van der Waals surface area (Å²) >= 11 is 0. The second-order valence-corrected chi connectivity index (χ2v) is 7.27. The van der Waals surface area contributed by atoms with Gasteiger partial charge in [-0.2, -0.15) is 0 Å². The van der Waals surface area contributed by atoms with Crippen LogP contribution in [0.3, 0.4) is 0 Å². The molecule has 4 nitrogen and oxygen atoms in total. The van der Waals surface area contributed by atoms with Crippen LogP contribution in [0.4, 0.5) is 0 Å². The maximum Gasteiger partial charge on any atom is 0.321 e. The second kappa shape index (κ2) is 8.97. The van der Waals surface area contributed by atoms with Gasteiger partial charge in [0.05, 0.1) is 0 Å². The molecule has 1 aliphatic rings. The maximum atomic E-state index is 11.7. The number of rotatable bonds is 7. The summed E-state index contributed by atoms with van der Waals surface area (Å²) in [5.74, 6) is -0.770. The average Bonchev–Trinajstić information content (AvgIpc) is 2.65. The molecule has 0 bridgehead atoms. The number of benzene rings is 2. The first-order chi connectivity index (χ1) is 12.6. The summed E-state index contributed by atoms with van der Waals surface area (Å²) < 4.78 is 0. The lowest BCUT2D eigenvalue weighted by molar-refractivity contribution is -0.139. The van der Waals surface area contributed by atoms with Crippen LogP contribution in [0, 0.1) is 0 Å². The lowest BCUT2D eigenvalue weighted by Crippen LogP contribution is -2.52. The van der Waals surface area contributed by atoms with Gasteiger partial charge >= 0.3 is 5.97 Å². The van der Waals surface area contributed by atoms with Crippen molar-refractivity contribution in [3.63, 3.8) is 0 Å². The Morgan fingerprint density at radius 1 is 1.12 bits per heavy atom. The monoisotopic (exact) mass is 352 g/mol. The van der Waals surface area contributed by atoms with Gasteiger partial charge in [-0.25, -0.2) is 0 Å². The van der Waals surface area contributed by atoms with E-state index in [1.54, 1.807) is 0 Å². The van der Waals surface area contributed by atoms with Crippen molar-refractivity contribution in [3.05, 3.63) is 71.8 Å². The minimum absolute atomic E-state index is 0.252. The zero-order chi connectivity index (χ0) is 18.4. The van der Waals surface area contributed by atoms with Crippen molar-refractivity contribution < 1.29 is 9.90 Å². The summed E-state index contributed by atoms with van der Waals surface area (Å²) in [5.41, 5.74) is 2.39. The van der Waals surface area contributed by atoms with Gasteiger partial charge in [0, 0.05) is 25.2 Å². The Bertz CT molecular complexity index is 690. The van der Waals surface area contributed by atoms with E-state index < -0.39 is 12.0 Å². The fourth-order valence-electron chi connectivity index (χ4n) is 3.78. The number of carboxylic acid groups (broad SMARTS) is 1. The molecule has 2 N–H and O–H groups in total. The molecule has 3 rings (SSSR count). The number of nitrogens with one attached hydrogen (secondary N) is 1. The second-order valence-electron chi connectivity index (χ2n) is 7.27. The van der Waals surface area contributed by atoms with E-state index in [4.69, 9.17) is 0 Å². The number of hydrogen-bond donors (Lipinski definition) is 2. The molecule has 2 aromatic rings. The summed E-state index contributed by atoms with van der Waals surface area (Å²) in [6, 6.07) is 20.5. The SMILES string of the molecule is CC1CC(N[C@H](Cc2ccccc2)C(=O)O)CCN1Cc1ccccc1. The fourth-order valence-corrected chi connectivity index (χ4v) is 3.78. The van der Waals surface area contributed by atoms with Crippen LogP contribution in [0.15, 0.2) is 60.7 Å². The summed E-state index contributed by atoms with van der Waals surface area (Å²) in [5, 5.41) is 13.0. The van der Waals surface area contributed by atoms with Gasteiger partial charge in [-0.05, 0) is 37.3 Å². The van der Waals surface area contributed by atoms with Crippen molar-refractivity contribution in [3.8, 4) is 0 Å². The molecule has 1 saturated heterocycles. The van der Waals surface area contributed by atoms with E-state index in [-0.39, 0.29) is 6.04 Å². The molecular formula is C22H28N2O2. The molecule has 0 saturated carbocycles. The molecule has 3 atom stereocenters. The number of carbonyl (C=O) groups is 1. The van der Waals surface area contributed by atoms with Gasteiger partial charge in [0.15, 0.2) is 0 Å². The van der Waals surface area contributed by atoms with Crippen molar-refractivity contribution in [1.82, 2.24) is 10.2 Å². The van der Waals surface area contributed by atoms with Gasteiger partial charge in [0.1, 0.15) is 6.04 Å². The molecule has 0 aliphatic carbocycles. The third kappa shape index (κ3) is 5.16. The highest BCUT2D eigenvalue weighted by Gasteiger charge is 2.29. The first-order valence-electron chi connectivity index (χ1n) is 9.42. The van der Waals surface area contributed by atoms with Crippen molar-refractivity contribution >= 4 is 5.97 Å². The van der Waals surface area contributed by atoms with Crippen molar-refractivity contribution in [2.45, 2.75) is 50.9 Å². The van der Waals surface area contributed by atoms with Gasteiger partial charge in [-0.15, -0.1) is 0 Å². The third-order valence-electron chi connectivity index (χ3n) is 5.26. The van der Waals surface area contributed by atoms with Gasteiger partial charge in [-0.3, -0.25) is 9.69 Å². The Labute approximate surface area is 155 Å². The lowest BCUT2D eigenvalue weighted by Gasteiger charge is -2.39. The summed E-state index contributed by atoms with van der Waals surface area (Å²) in [6.07, 6.45) is 2.48. The highest BCUT2D eigenvalue weighted by atomic mass is 16.4. The minimum atomic E-state index is -0.770. The smallest absolute Gasteiger partial charge is 0.321 e. The molecule has 138 valence electrons. The van der Waals surface area contributed by atoms with Crippen molar-refractivity contribution in [2.75, 3.05) is 6.54 Å². The van der Waals surface area contributed by atoms with Crippen molar-refractivity contribution in [2.24, 2.45) is 0 Å². The van der Waals surface area contributed by atoms with E-state index in [1.165, 1.54) is 5.56 Å². The lowest BCUT2D eigenvalue weighted by atomic mass is 9.95. The van der Waals surface area contributed by atoms with Gasteiger partial charge in [0.2, 0.25) is 0 Å². The Morgan fingerprint density at radius 3 is 2.31 bits per heavy atom. The molecule has 1 heterocycles. The normalized spacial score (nSPS) is 22.0. The van der Waals surface area contributed by atoms with Gasteiger partial charge in [0.25, 0.3) is 0 Å². The Balaban J connectivity index is 1.54. The molecule has 0 spiro atoms.